The number of hydrogen-bond donors (Lipinski definition) is 1. The Morgan fingerprint density at radius 2 is 1.94 bits per heavy atom. The molecule has 0 aromatic rings. The molecule has 0 spiro atoms. The zero-order valence-corrected chi connectivity index (χ0v) is 11.4. The van der Waals surface area contributed by atoms with Crippen molar-refractivity contribution in [3.63, 3.8) is 0 Å². The van der Waals surface area contributed by atoms with Gasteiger partial charge in [0.1, 0.15) is 6.29 Å². The number of aldehydes is 1. The average Bonchev–Trinajstić information content (AvgIpc) is 2.76. The van der Waals surface area contributed by atoms with Crippen LogP contribution in [0.2, 0.25) is 0 Å². The fourth-order valence-electron chi connectivity index (χ4n) is 3.42. The van der Waals surface area contributed by atoms with Crippen LogP contribution in [0.1, 0.15) is 38.5 Å². The fourth-order valence-corrected chi connectivity index (χ4v) is 3.42. The van der Waals surface area contributed by atoms with Gasteiger partial charge in [-0.25, -0.2) is 0 Å². The van der Waals surface area contributed by atoms with Crippen LogP contribution in [0.25, 0.3) is 0 Å². The Morgan fingerprint density at radius 3 is 2.50 bits per heavy atom. The van der Waals surface area contributed by atoms with Crippen molar-refractivity contribution < 1.29 is 14.6 Å². The summed E-state index contributed by atoms with van der Waals surface area (Å²) in [5.74, 6) is 0. The Hall–Kier alpha value is -0.450. The molecule has 18 heavy (non-hydrogen) atoms. The van der Waals surface area contributed by atoms with Crippen LogP contribution in [0.4, 0.5) is 0 Å². The zero-order chi connectivity index (χ0) is 13.1. The van der Waals surface area contributed by atoms with Crippen molar-refractivity contribution in [2.75, 3.05) is 33.4 Å². The number of likely N-dealkylation sites (N-methyl/N-ethyl adjacent to an activating group) is 1. The molecule has 0 amide bonds. The van der Waals surface area contributed by atoms with E-state index in [4.69, 9.17) is 4.74 Å². The first-order chi connectivity index (χ1) is 8.58. The molecule has 0 aromatic heterocycles. The lowest BCUT2D eigenvalue weighted by Gasteiger charge is -2.37. The summed E-state index contributed by atoms with van der Waals surface area (Å²) in [6, 6.07) is 0. The topological polar surface area (TPSA) is 49.8 Å². The molecule has 1 atom stereocenters. The molecule has 0 aromatic carbocycles. The summed E-state index contributed by atoms with van der Waals surface area (Å²) < 4.78 is 5.45. The summed E-state index contributed by atoms with van der Waals surface area (Å²) in [6.45, 7) is 2.66. The minimum absolute atomic E-state index is 0.359. The van der Waals surface area contributed by atoms with Gasteiger partial charge in [0.25, 0.3) is 0 Å². The highest BCUT2D eigenvalue weighted by Gasteiger charge is 2.37. The summed E-state index contributed by atoms with van der Waals surface area (Å²) >= 11 is 0. The van der Waals surface area contributed by atoms with Crippen molar-refractivity contribution >= 4 is 6.29 Å². The van der Waals surface area contributed by atoms with E-state index in [1.807, 2.05) is 7.05 Å². The van der Waals surface area contributed by atoms with Crippen molar-refractivity contribution in [1.29, 1.82) is 0 Å². The molecule has 2 fully saturated rings. The smallest absolute Gasteiger partial charge is 0.129 e. The first-order valence-electron chi connectivity index (χ1n) is 7.03. The molecule has 104 valence electrons. The Morgan fingerprint density at radius 1 is 1.22 bits per heavy atom. The van der Waals surface area contributed by atoms with E-state index >= 15 is 0 Å². The molecule has 2 rings (SSSR count). The van der Waals surface area contributed by atoms with E-state index < -0.39 is 5.60 Å². The molecule has 0 radical (unpaired) electrons. The van der Waals surface area contributed by atoms with Gasteiger partial charge in [0.05, 0.1) is 17.6 Å². The highest BCUT2D eigenvalue weighted by Crippen LogP contribution is 2.32. The molecule has 1 aliphatic carbocycles. The Bertz CT molecular complexity index is 281. The highest BCUT2D eigenvalue weighted by molar-refractivity contribution is 5.60. The van der Waals surface area contributed by atoms with E-state index in [1.54, 1.807) is 0 Å². The van der Waals surface area contributed by atoms with Gasteiger partial charge in [0.2, 0.25) is 0 Å². The number of nitrogens with zero attached hydrogens (tertiary/aromatic N) is 1. The third kappa shape index (κ3) is 3.31. The van der Waals surface area contributed by atoms with Gasteiger partial charge in [-0.2, -0.15) is 0 Å². The molecule has 0 bridgehead atoms. The van der Waals surface area contributed by atoms with Gasteiger partial charge >= 0.3 is 0 Å². The van der Waals surface area contributed by atoms with Crippen LogP contribution < -0.4 is 0 Å². The Labute approximate surface area is 109 Å². The SMILES string of the molecule is CN(CC1(O)CCCC1)CC1(C=O)CCCOC1. The lowest BCUT2D eigenvalue weighted by molar-refractivity contribution is -0.126. The van der Waals surface area contributed by atoms with Crippen LogP contribution in [-0.4, -0.2) is 55.2 Å². The third-order valence-corrected chi connectivity index (χ3v) is 4.29. The maximum Gasteiger partial charge on any atom is 0.129 e. The van der Waals surface area contributed by atoms with Gasteiger partial charge in [-0.05, 0) is 32.7 Å². The normalized spacial score (nSPS) is 31.7. The zero-order valence-electron chi connectivity index (χ0n) is 11.4. The molecule has 2 aliphatic rings. The minimum atomic E-state index is -0.533. The molecule has 1 aliphatic heterocycles. The number of hydrogen-bond acceptors (Lipinski definition) is 4. The molecular weight excluding hydrogens is 230 g/mol. The van der Waals surface area contributed by atoms with Gasteiger partial charge in [-0.15, -0.1) is 0 Å². The summed E-state index contributed by atoms with van der Waals surface area (Å²) in [5.41, 5.74) is -0.893. The number of rotatable bonds is 5. The quantitative estimate of drug-likeness (QED) is 0.750. The largest absolute Gasteiger partial charge is 0.389 e. The predicted molar refractivity (Wildman–Crippen MR) is 69.5 cm³/mol. The fraction of sp³-hybridized carbons (Fsp3) is 0.929. The second-order valence-corrected chi connectivity index (χ2v) is 6.24. The van der Waals surface area contributed by atoms with Crippen LogP contribution in [0.5, 0.6) is 0 Å². The van der Waals surface area contributed by atoms with E-state index in [-0.39, 0.29) is 5.41 Å². The molecule has 1 unspecified atom stereocenters. The number of aliphatic hydroxyl groups is 1. The van der Waals surface area contributed by atoms with Gasteiger partial charge in [0.15, 0.2) is 0 Å². The van der Waals surface area contributed by atoms with Crippen LogP contribution in [0.3, 0.4) is 0 Å². The summed E-state index contributed by atoms with van der Waals surface area (Å²) in [6.07, 6.45) is 6.93. The Kier molecular flexibility index (Phi) is 4.41. The van der Waals surface area contributed by atoms with E-state index in [9.17, 15) is 9.90 Å². The standard InChI is InChI=1S/C14H25NO3/c1-15(10-14(17)6-2-3-7-14)9-13(11-16)5-4-8-18-12-13/h11,17H,2-10,12H2,1H3. The molecule has 1 heterocycles. The second kappa shape index (κ2) is 5.68. The summed E-state index contributed by atoms with van der Waals surface area (Å²) in [5, 5.41) is 10.4. The third-order valence-electron chi connectivity index (χ3n) is 4.29. The van der Waals surface area contributed by atoms with Crippen molar-refractivity contribution in [3.8, 4) is 0 Å². The second-order valence-electron chi connectivity index (χ2n) is 6.24. The van der Waals surface area contributed by atoms with Crippen molar-refractivity contribution in [3.05, 3.63) is 0 Å². The molecule has 1 saturated heterocycles. The van der Waals surface area contributed by atoms with E-state index in [1.165, 1.54) is 0 Å². The van der Waals surface area contributed by atoms with Crippen LogP contribution in [0.15, 0.2) is 0 Å². The molecule has 1 saturated carbocycles. The first kappa shape index (κ1) is 14.0. The van der Waals surface area contributed by atoms with Gasteiger partial charge in [0, 0.05) is 19.7 Å². The van der Waals surface area contributed by atoms with Crippen LogP contribution in [0, 0.1) is 5.41 Å². The van der Waals surface area contributed by atoms with Crippen LogP contribution >= 0.6 is 0 Å². The van der Waals surface area contributed by atoms with E-state index in [0.29, 0.717) is 19.7 Å². The number of carbonyl (C=O) groups excluding carboxylic acids is 1. The minimum Gasteiger partial charge on any atom is -0.389 e. The lowest BCUT2D eigenvalue weighted by atomic mass is 9.83. The molecular formula is C14H25NO3. The predicted octanol–water partition coefficient (Wildman–Crippen LogP) is 1.22. The number of carbonyl (C=O) groups is 1. The number of ether oxygens (including phenoxy) is 1. The van der Waals surface area contributed by atoms with E-state index in [0.717, 1.165) is 51.4 Å². The molecule has 1 N–H and O–H groups in total. The van der Waals surface area contributed by atoms with E-state index in [2.05, 4.69) is 4.90 Å². The van der Waals surface area contributed by atoms with Crippen molar-refractivity contribution in [1.82, 2.24) is 4.90 Å². The summed E-state index contributed by atoms with van der Waals surface area (Å²) in [4.78, 5) is 13.5. The van der Waals surface area contributed by atoms with Crippen molar-refractivity contribution in [2.45, 2.75) is 44.1 Å². The Balaban J connectivity index is 1.88. The van der Waals surface area contributed by atoms with Gasteiger partial charge in [-0.1, -0.05) is 12.8 Å². The maximum atomic E-state index is 11.4. The average molecular weight is 255 g/mol. The monoisotopic (exact) mass is 255 g/mol. The lowest BCUT2D eigenvalue weighted by Crippen LogP contribution is -2.47. The van der Waals surface area contributed by atoms with Crippen LogP contribution in [-0.2, 0) is 9.53 Å². The highest BCUT2D eigenvalue weighted by atomic mass is 16.5. The van der Waals surface area contributed by atoms with Crippen molar-refractivity contribution in [2.24, 2.45) is 5.41 Å². The maximum absolute atomic E-state index is 11.4. The molecule has 4 heteroatoms. The first-order valence-corrected chi connectivity index (χ1v) is 7.03. The molecule has 4 nitrogen and oxygen atoms in total. The summed E-state index contributed by atoms with van der Waals surface area (Å²) in [7, 11) is 2.00. The van der Waals surface area contributed by atoms with Gasteiger partial charge < -0.3 is 19.5 Å². The van der Waals surface area contributed by atoms with Gasteiger partial charge in [-0.3, -0.25) is 0 Å².